The lowest BCUT2D eigenvalue weighted by atomic mass is 10.3. The highest BCUT2D eigenvalue weighted by atomic mass is 35.5. The Morgan fingerprint density at radius 1 is 1.45 bits per heavy atom. The summed E-state index contributed by atoms with van der Waals surface area (Å²) in [6, 6.07) is 5.01. The predicted octanol–water partition coefficient (Wildman–Crippen LogP) is 2.22. The first-order valence-corrected chi connectivity index (χ1v) is 7.09. The summed E-state index contributed by atoms with van der Waals surface area (Å²) in [6.07, 6.45) is 0. The van der Waals surface area contributed by atoms with Crippen LogP contribution in [-0.2, 0) is 9.53 Å². The number of anilines is 2. The molecule has 112 valence electrons. The number of hydrogen-bond acceptors (Lipinski definition) is 4. The lowest BCUT2D eigenvalue weighted by Crippen LogP contribution is -2.35. The van der Waals surface area contributed by atoms with Crippen LogP contribution < -0.4 is 11.1 Å². The molecule has 0 aliphatic heterocycles. The summed E-state index contributed by atoms with van der Waals surface area (Å²) in [5.74, 6) is -0.115. The Morgan fingerprint density at radius 3 is 2.85 bits per heavy atom. The van der Waals surface area contributed by atoms with Gasteiger partial charge in [-0.25, -0.2) is 0 Å². The van der Waals surface area contributed by atoms with Crippen LogP contribution in [-0.4, -0.2) is 43.7 Å². The molecule has 5 nitrogen and oxygen atoms in total. The number of carbonyl (C=O) groups is 1. The minimum atomic E-state index is -0.115. The van der Waals surface area contributed by atoms with Crippen LogP contribution in [0.5, 0.6) is 0 Å². The van der Waals surface area contributed by atoms with Gasteiger partial charge in [-0.05, 0) is 31.7 Å². The third-order valence-corrected chi connectivity index (χ3v) is 3.16. The van der Waals surface area contributed by atoms with Gasteiger partial charge in [0.2, 0.25) is 5.91 Å². The van der Waals surface area contributed by atoms with E-state index in [9.17, 15) is 4.79 Å². The second-order valence-corrected chi connectivity index (χ2v) is 4.76. The van der Waals surface area contributed by atoms with Crippen molar-refractivity contribution in [3.05, 3.63) is 23.2 Å². The number of benzene rings is 1. The van der Waals surface area contributed by atoms with Gasteiger partial charge in [-0.2, -0.15) is 0 Å². The van der Waals surface area contributed by atoms with Crippen LogP contribution in [0.2, 0.25) is 5.02 Å². The molecule has 0 bridgehead atoms. The van der Waals surface area contributed by atoms with E-state index in [4.69, 9.17) is 22.1 Å². The van der Waals surface area contributed by atoms with Gasteiger partial charge in [0.15, 0.2) is 0 Å². The van der Waals surface area contributed by atoms with Crippen molar-refractivity contribution in [2.45, 2.75) is 13.8 Å². The van der Waals surface area contributed by atoms with E-state index in [0.29, 0.717) is 36.2 Å². The van der Waals surface area contributed by atoms with Crippen molar-refractivity contribution >= 4 is 28.9 Å². The molecule has 1 rings (SSSR count). The first-order chi connectivity index (χ1) is 9.56. The Labute approximate surface area is 125 Å². The van der Waals surface area contributed by atoms with Crippen molar-refractivity contribution in [2.75, 3.05) is 43.9 Å². The standard InChI is InChI=1S/C14H22ClN3O2/c1-3-18(7-8-20-4-2)10-14(19)17-13-9-11(16)5-6-12(13)15/h5-6,9H,3-4,7-8,10,16H2,1-2H3,(H,17,19). The van der Waals surface area contributed by atoms with Crippen molar-refractivity contribution in [1.82, 2.24) is 4.90 Å². The fourth-order valence-electron chi connectivity index (χ4n) is 1.72. The van der Waals surface area contributed by atoms with Gasteiger partial charge in [-0.1, -0.05) is 18.5 Å². The number of likely N-dealkylation sites (N-methyl/N-ethyl adjacent to an activating group) is 1. The van der Waals surface area contributed by atoms with Crippen LogP contribution in [0.25, 0.3) is 0 Å². The predicted molar refractivity (Wildman–Crippen MR) is 83.1 cm³/mol. The molecule has 20 heavy (non-hydrogen) atoms. The Morgan fingerprint density at radius 2 is 2.20 bits per heavy atom. The van der Waals surface area contributed by atoms with Gasteiger partial charge in [0.1, 0.15) is 0 Å². The normalized spacial score (nSPS) is 10.8. The fourth-order valence-corrected chi connectivity index (χ4v) is 1.88. The molecular formula is C14H22ClN3O2. The minimum absolute atomic E-state index is 0.115. The zero-order valence-corrected chi connectivity index (χ0v) is 12.7. The topological polar surface area (TPSA) is 67.6 Å². The maximum atomic E-state index is 12.0. The Balaban J connectivity index is 2.51. The number of rotatable bonds is 8. The van der Waals surface area contributed by atoms with E-state index in [1.807, 2.05) is 18.7 Å². The number of hydrogen-bond donors (Lipinski definition) is 2. The highest BCUT2D eigenvalue weighted by Gasteiger charge is 2.11. The number of nitrogen functional groups attached to an aromatic ring is 1. The Bertz CT molecular complexity index is 440. The van der Waals surface area contributed by atoms with Crippen molar-refractivity contribution in [3.63, 3.8) is 0 Å². The molecule has 0 saturated carbocycles. The van der Waals surface area contributed by atoms with Crippen LogP contribution in [0, 0.1) is 0 Å². The summed E-state index contributed by atoms with van der Waals surface area (Å²) >= 11 is 6.01. The molecule has 0 aliphatic rings. The summed E-state index contributed by atoms with van der Waals surface area (Å²) in [6.45, 7) is 7.07. The number of ether oxygens (including phenoxy) is 1. The SMILES string of the molecule is CCOCCN(CC)CC(=O)Nc1cc(N)ccc1Cl. The van der Waals surface area contributed by atoms with E-state index in [1.54, 1.807) is 18.2 Å². The van der Waals surface area contributed by atoms with Crippen LogP contribution in [0.4, 0.5) is 11.4 Å². The molecule has 0 spiro atoms. The average Bonchev–Trinajstić information content (AvgIpc) is 2.42. The molecule has 1 aromatic carbocycles. The summed E-state index contributed by atoms with van der Waals surface area (Å²) < 4.78 is 5.29. The number of nitrogens with zero attached hydrogens (tertiary/aromatic N) is 1. The van der Waals surface area contributed by atoms with Gasteiger partial charge in [-0.15, -0.1) is 0 Å². The first kappa shape index (κ1) is 16.8. The van der Waals surface area contributed by atoms with Crippen molar-refractivity contribution in [3.8, 4) is 0 Å². The van der Waals surface area contributed by atoms with E-state index < -0.39 is 0 Å². The molecule has 0 atom stereocenters. The van der Waals surface area contributed by atoms with Crippen LogP contribution in [0.15, 0.2) is 18.2 Å². The molecule has 0 fully saturated rings. The van der Waals surface area contributed by atoms with Crippen molar-refractivity contribution in [1.29, 1.82) is 0 Å². The first-order valence-electron chi connectivity index (χ1n) is 6.71. The highest BCUT2D eigenvalue weighted by molar-refractivity contribution is 6.33. The van der Waals surface area contributed by atoms with E-state index in [2.05, 4.69) is 5.32 Å². The third kappa shape index (κ3) is 5.77. The molecule has 0 saturated heterocycles. The second-order valence-electron chi connectivity index (χ2n) is 4.35. The number of nitrogens with one attached hydrogen (secondary N) is 1. The molecule has 0 radical (unpaired) electrons. The summed E-state index contributed by atoms with van der Waals surface area (Å²) in [5, 5.41) is 3.25. The van der Waals surface area contributed by atoms with Crippen LogP contribution in [0.3, 0.4) is 0 Å². The molecule has 3 N–H and O–H groups in total. The smallest absolute Gasteiger partial charge is 0.238 e. The number of carbonyl (C=O) groups excluding carboxylic acids is 1. The van der Waals surface area contributed by atoms with Gasteiger partial charge < -0.3 is 15.8 Å². The number of amides is 1. The monoisotopic (exact) mass is 299 g/mol. The molecule has 0 aromatic heterocycles. The van der Waals surface area contributed by atoms with Gasteiger partial charge in [0, 0.05) is 18.8 Å². The highest BCUT2D eigenvalue weighted by Crippen LogP contribution is 2.23. The largest absolute Gasteiger partial charge is 0.399 e. The molecule has 1 amide bonds. The van der Waals surface area contributed by atoms with E-state index in [1.165, 1.54) is 0 Å². The Kier molecular flexibility index (Phi) is 7.36. The van der Waals surface area contributed by atoms with E-state index in [0.717, 1.165) is 13.1 Å². The minimum Gasteiger partial charge on any atom is -0.399 e. The van der Waals surface area contributed by atoms with Gasteiger partial charge in [0.25, 0.3) is 0 Å². The third-order valence-electron chi connectivity index (χ3n) is 2.83. The fraction of sp³-hybridized carbons (Fsp3) is 0.500. The van der Waals surface area contributed by atoms with E-state index in [-0.39, 0.29) is 5.91 Å². The molecule has 0 unspecified atom stereocenters. The average molecular weight is 300 g/mol. The quantitative estimate of drug-likeness (QED) is 0.570. The summed E-state index contributed by atoms with van der Waals surface area (Å²) in [7, 11) is 0. The van der Waals surface area contributed by atoms with E-state index >= 15 is 0 Å². The Hall–Kier alpha value is -1.30. The molecule has 0 aliphatic carbocycles. The van der Waals surface area contributed by atoms with Crippen molar-refractivity contribution < 1.29 is 9.53 Å². The summed E-state index contributed by atoms with van der Waals surface area (Å²) in [4.78, 5) is 14.0. The number of halogens is 1. The van der Waals surface area contributed by atoms with Crippen LogP contribution >= 0.6 is 11.6 Å². The second kappa shape index (κ2) is 8.79. The van der Waals surface area contributed by atoms with Gasteiger partial charge in [-0.3, -0.25) is 9.69 Å². The van der Waals surface area contributed by atoms with Gasteiger partial charge >= 0.3 is 0 Å². The summed E-state index contributed by atoms with van der Waals surface area (Å²) in [5.41, 5.74) is 6.78. The van der Waals surface area contributed by atoms with Crippen LogP contribution in [0.1, 0.15) is 13.8 Å². The van der Waals surface area contributed by atoms with Gasteiger partial charge in [0.05, 0.1) is 23.9 Å². The zero-order valence-electron chi connectivity index (χ0n) is 12.0. The lowest BCUT2D eigenvalue weighted by molar-refractivity contribution is -0.117. The zero-order chi connectivity index (χ0) is 15.0. The molecule has 6 heteroatoms. The maximum absolute atomic E-state index is 12.0. The molecule has 0 heterocycles. The molecule has 1 aromatic rings. The van der Waals surface area contributed by atoms with Crippen molar-refractivity contribution in [2.24, 2.45) is 0 Å². The molecular weight excluding hydrogens is 278 g/mol. The number of nitrogens with two attached hydrogens (primary N) is 1. The lowest BCUT2D eigenvalue weighted by Gasteiger charge is -2.19. The maximum Gasteiger partial charge on any atom is 0.238 e.